The third-order valence-electron chi connectivity index (χ3n) is 3.23. The Bertz CT molecular complexity index is 348. The molecule has 7 heteroatoms. The highest BCUT2D eigenvalue weighted by atomic mass is 32.2. The zero-order valence-electron chi connectivity index (χ0n) is 10.6. The van der Waals surface area contributed by atoms with E-state index in [0.29, 0.717) is 25.8 Å². The summed E-state index contributed by atoms with van der Waals surface area (Å²) in [6, 6.07) is -0.392. The van der Waals surface area contributed by atoms with Gasteiger partial charge in [-0.05, 0) is 26.2 Å². The van der Waals surface area contributed by atoms with Crippen LogP contribution < -0.4 is 10.6 Å². The minimum atomic E-state index is -0.963. The summed E-state index contributed by atoms with van der Waals surface area (Å²) < 4.78 is 11.1. The van der Waals surface area contributed by atoms with Gasteiger partial charge in [0.25, 0.3) is 0 Å². The number of hydrogen-bond donors (Lipinski definition) is 3. The van der Waals surface area contributed by atoms with E-state index in [4.69, 9.17) is 5.11 Å². The molecule has 0 spiro atoms. The van der Waals surface area contributed by atoms with Gasteiger partial charge in [0.15, 0.2) is 0 Å². The van der Waals surface area contributed by atoms with Crippen molar-refractivity contribution >= 4 is 22.8 Å². The highest BCUT2D eigenvalue weighted by molar-refractivity contribution is 7.84. The van der Waals surface area contributed by atoms with Crippen LogP contribution in [-0.4, -0.2) is 45.4 Å². The zero-order valence-corrected chi connectivity index (χ0v) is 11.5. The predicted molar refractivity (Wildman–Crippen MR) is 68.8 cm³/mol. The van der Waals surface area contributed by atoms with Crippen molar-refractivity contribution in [1.29, 1.82) is 0 Å². The lowest BCUT2D eigenvalue weighted by molar-refractivity contribution is -0.141. The SMILES string of the molecule is CC(CNC(=O)N[C@H]1CC[C@@H](C(=O)O)C1)S(C)=O. The molecule has 0 radical (unpaired) electrons. The van der Waals surface area contributed by atoms with Gasteiger partial charge in [0.05, 0.1) is 5.92 Å². The zero-order chi connectivity index (χ0) is 13.7. The number of urea groups is 1. The molecule has 0 aromatic heterocycles. The van der Waals surface area contributed by atoms with Gasteiger partial charge in [-0.2, -0.15) is 0 Å². The average molecular weight is 276 g/mol. The predicted octanol–water partition coefficient (Wildman–Crippen LogP) is 0.306. The molecule has 1 aliphatic rings. The first kappa shape index (κ1) is 14.9. The number of aliphatic carboxylic acids is 1. The molecule has 0 aliphatic heterocycles. The monoisotopic (exact) mass is 276 g/mol. The van der Waals surface area contributed by atoms with Gasteiger partial charge in [0, 0.05) is 34.9 Å². The molecular formula is C11H20N2O4S. The van der Waals surface area contributed by atoms with Crippen LogP contribution in [0.4, 0.5) is 4.79 Å². The van der Waals surface area contributed by atoms with E-state index in [1.54, 1.807) is 13.2 Å². The van der Waals surface area contributed by atoms with Gasteiger partial charge < -0.3 is 15.7 Å². The van der Waals surface area contributed by atoms with Crippen LogP contribution >= 0.6 is 0 Å². The largest absolute Gasteiger partial charge is 0.481 e. The Balaban J connectivity index is 2.25. The molecule has 3 N–H and O–H groups in total. The number of carbonyl (C=O) groups is 2. The van der Waals surface area contributed by atoms with Crippen LogP contribution in [0.15, 0.2) is 0 Å². The average Bonchev–Trinajstić information content (AvgIpc) is 2.74. The maximum Gasteiger partial charge on any atom is 0.315 e. The normalized spacial score (nSPS) is 26.3. The summed E-state index contributed by atoms with van der Waals surface area (Å²) in [6.07, 6.45) is 3.38. The molecule has 1 fully saturated rings. The molecule has 1 saturated carbocycles. The molecule has 4 atom stereocenters. The topological polar surface area (TPSA) is 95.5 Å². The molecule has 2 amide bonds. The van der Waals surface area contributed by atoms with E-state index >= 15 is 0 Å². The van der Waals surface area contributed by atoms with Gasteiger partial charge in [0.1, 0.15) is 0 Å². The Kier molecular flexibility index (Phi) is 5.58. The highest BCUT2D eigenvalue weighted by Gasteiger charge is 2.30. The standard InChI is InChI=1S/C11H20N2O4S/c1-7(18(2)17)6-12-11(16)13-9-4-3-8(5-9)10(14)15/h7-9H,3-6H2,1-2H3,(H,14,15)(H2,12,13,16)/t7?,8-,9+,18?/m1/s1. The van der Waals surface area contributed by atoms with Crippen molar-refractivity contribution in [1.82, 2.24) is 10.6 Å². The molecule has 0 bridgehead atoms. The molecule has 1 aliphatic carbocycles. The lowest BCUT2D eigenvalue weighted by Gasteiger charge is -2.15. The second kappa shape index (κ2) is 6.72. The molecule has 104 valence electrons. The van der Waals surface area contributed by atoms with Crippen LogP contribution in [0.2, 0.25) is 0 Å². The summed E-state index contributed by atoms with van der Waals surface area (Å²) in [5.74, 6) is -1.15. The maximum absolute atomic E-state index is 11.5. The summed E-state index contributed by atoms with van der Waals surface area (Å²) in [7, 11) is -0.963. The first-order valence-electron chi connectivity index (χ1n) is 5.99. The third-order valence-corrected chi connectivity index (χ3v) is 4.53. The lowest BCUT2D eigenvalue weighted by Crippen LogP contribution is -2.44. The van der Waals surface area contributed by atoms with Crippen molar-refractivity contribution in [3.8, 4) is 0 Å². The van der Waals surface area contributed by atoms with Crippen LogP contribution in [0.3, 0.4) is 0 Å². The summed E-state index contributed by atoms with van der Waals surface area (Å²) in [5.41, 5.74) is 0. The molecule has 6 nitrogen and oxygen atoms in total. The molecular weight excluding hydrogens is 256 g/mol. The number of carboxylic acids is 1. The molecule has 2 unspecified atom stereocenters. The third kappa shape index (κ3) is 4.64. The number of carboxylic acid groups (broad SMARTS) is 1. The Morgan fingerprint density at radius 1 is 1.44 bits per heavy atom. The van der Waals surface area contributed by atoms with Gasteiger partial charge in [-0.3, -0.25) is 9.00 Å². The molecule has 0 saturated heterocycles. The van der Waals surface area contributed by atoms with E-state index in [0.717, 1.165) is 0 Å². The van der Waals surface area contributed by atoms with Crippen LogP contribution in [0.5, 0.6) is 0 Å². The van der Waals surface area contributed by atoms with Crippen LogP contribution in [0.1, 0.15) is 26.2 Å². The molecule has 18 heavy (non-hydrogen) atoms. The second-order valence-corrected chi connectivity index (χ2v) is 6.51. The summed E-state index contributed by atoms with van der Waals surface area (Å²) in [4.78, 5) is 22.3. The van der Waals surface area contributed by atoms with Gasteiger partial charge in [0.2, 0.25) is 0 Å². The van der Waals surface area contributed by atoms with E-state index < -0.39 is 16.8 Å². The summed E-state index contributed by atoms with van der Waals surface area (Å²) >= 11 is 0. The van der Waals surface area contributed by atoms with Gasteiger partial charge in [-0.15, -0.1) is 0 Å². The molecule has 1 rings (SSSR count). The quantitative estimate of drug-likeness (QED) is 0.673. The Morgan fingerprint density at radius 2 is 2.11 bits per heavy atom. The summed E-state index contributed by atoms with van der Waals surface area (Å²) in [5, 5.41) is 14.1. The van der Waals surface area contributed by atoms with Gasteiger partial charge >= 0.3 is 12.0 Å². The van der Waals surface area contributed by atoms with Crippen LogP contribution in [0, 0.1) is 5.92 Å². The van der Waals surface area contributed by atoms with Crippen molar-refractivity contribution in [2.75, 3.05) is 12.8 Å². The van der Waals surface area contributed by atoms with Crippen molar-refractivity contribution in [3.63, 3.8) is 0 Å². The van der Waals surface area contributed by atoms with E-state index in [-0.39, 0.29) is 23.2 Å². The van der Waals surface area contributed by atoms with E-state index in [9.17, 15) is 13.8 Å². The second-order valence-electron chi connectivity index (χ2n) is 4.71. The van der Waals surface area contributed by atoms with E-state index in [2.05, 4.69) is 10.6 Å². The van der Waals surface area contributed by atoms with Gasteiger partial charge in [-0.1, -0.05) is 0 Å². The fraction of sp³-hybridized carbons (Fsp3) is 0.818. The minimum Gasteiger partial charge on any atom is -0.481 e. The maximum atomic E-state index is 11.5. The number of amides is 2. The first-order chi connectivity index (χ1) is 8.40. The van der Waals surface area contributed by atoms with E-state index in [1.165, 1.54) is 0 Å². The molecule has 0 aromatic rings. The minimum absolute atomic E-state index is 0.0754. The van der Waals surface area contributed by atoms with Crippen LogP contribution in [0.25, 0.3) is 0 Å². The van der Waals surface area contributed by atoms with Crippen molar-refractivity contribution in [2.24, 2.45) is 5.92 Å². The number of rotatable bonds is 5. The number of hydrogen-bond acceptors (Lipinski definition) is 3. The van der Waals surface area contributed by atoms with E-state index in [1.807, 2.05) is 0 Å². The Morgan fingerprint density at radius 3 is 2.61 bits per heavy atom. The van der Waals surface area contributed by atoms with Crippen LogP contribution in [-0.2, 0) is 15.6 Å². The smallest absolute Gasteiger partial charge is 0.315 e. The Labute approximate surface area is 109 Å². The van der Waals surface area contributed by atoms with Crippen molar-refractivity contribution in [3.05, 3.63) is 0 Å². The fourth-order valence-electron chi connectivity index (χ4n) is 1.93. The summed E-state index contributed by atoms with van der Waals surface area (Å²) in [6.45, 7) is 2.15. The number of nitrogens with one attached hydrogen (secondary N) is 2. The molecule has 0 aromatic carbocycles. The fourth-order valence-corrected chi connectivity index (χ4v) is 2.25. The number of carbonyl (C=O) groups excluding carboxylic acids is 1. The lowest BCUT2D eigenvalue weighted by atomic mass is 10.1. The Hall–Kier alpha value is -1.11. The first-order valence-corrected chi connectivity index (χ1v) is 7.61. The molecule has 0 heterocycles. The highest BCUT2D eigenvalue weighted by Crippen LogP contribution is 2.25. The van der Waals surface area contributed by atoms with Crippen molar-refractivity contribution in [2.45, 2.75) is 37.5 Å². The van der Waals surface area contributed by atoms with Gasteiger partial charge in [-0.25, -0.2) is 4.79 Å². The van der Waals surface area contributed by atoms with Crippen molar-refractivity contribution < 1.29 is 18.9 Å².